The van der Waals surface area contributed by atoms with Gasteiger partial charge in [0, 0.05) is 0 Å². The third-order valence-electron chi connectivity index (χ3n) is 2.99. The molecule has 0 aliphatic heterocycles. The number of benzene rings is 1. The summed E-state index contributed by atoms with van der Waals surface area (Å²) in [5, 5.41) is 18.5. The number of rotatable bonds is 8. The smallest absolute Gasteiger partial charge is 0.480 e. The number of carboxylic acid groups (broad SMARTS) is 2. The molecule has 0 aliphatic carbocycles. The lowest BCUT2D eigenvalue weighted by Crippen LogP contribution is -2.41. The van der Waals surface area contributed by atoms with Crippen molar-refractivity contribution in [2.45, 2.75) is 38.1 Å². The molecule has 0 aliphatic rings. The van der Waals surface area contributed by atoms with E-state index in [0.29, 0.717) is 19.4 Å². The van der Waals surface area contributed by atoms with Crippen molar-refractivity contribution < 1.29 is 42.5 Å². The highest BCUT2D eigenvalue weighted by atomic mass is 19.4. The number of nitrogens with one attached hydrogen (secondary N) is 1. The van der Waals surface area contributed by atoms with Crippen LogP contribution < -0.4 is 11.1 Å². The van der Waals surface area contributed by atoms with Crippen LogP contribution in [0.15, 0.2) is 30.3 Å². The van der Waals surface area contributed by atoms with Crippen molar-refractivity contribution >= 4 is 18.0 Å². The summed E-state index contributed by atoms with van der Waals surface area (Å²) in [7, 11) is 0. The Bertz CT molecular complexity index is 596. The van der Waals surface area contributed by atoms with Crippen LogP contribution in [0.5, 0.6) is 0 Å². The number of hydrogen-bond donors (Lipinski definition) is 4. The van der Waals surface area contributed by atoms with Crippen LogP contribution in [-0.4, -0.2) is 47.0 Å². The van der Waals surface area contributed by atoms with Gasteiger partial charge in [-0.05, 0) is 31.4 Å². The molecule has 8 nitrogen and oxygen atoms in total. The molecule has 0 radical (unpaired) electrons. The Morgan fingerprint density at radius 1 is 1.11 bits per heavy atom. The second-order valence-electron chi connectivity index (χ2n) is 5.18. The second kappa shape index (κ2) is 12.5. The topological polar surface area (TPSA) is 139 Å². The molecule has 1 rings (SSSR count). The molecule has 1 aromatic rings. The summed E-state index contributed by atoms with van der Waals surface area (Å²) in [5.41, 5.74) is 6.19. The number of carboxylic acids is 2. The summed E-state index contributed by atoms with van der Waals surface area (Å²) in [5.74, 6) is -3.83. The Morgan fingerprint density at radius 2 is 1.67 bits per heavy atom. The van der Waals surface area contributed by atoms with Crippen LogP contribution in [0.25, 0.3) is 0 Å². The van der Waals surface area contributed by atoms with Gasteiger partial charge in [-0.15, -0.1) is 0 Å². The number of carbonyl (C=O) groups is 3. The number of hydrogen-bond acceptors (Lipinski definition) is 5. The van der Waals surface area contributed by atoms with Crippen molar-refractivity contribution in [3.8, 4) is 0 Å². The number of aliphatic carboxylic acids is 2. The maximum Gasteiger partial charge on any atom is 0.490 e. The van der Waals surface area contributed by atoms with Gasteiger partial charge in [0.15, 0.2) is 0 Å². The highest BCUT2D eigenvalue weighted by Gasteiger charge is 2.38. The van der Waals surface area contributed by atoms with E-state index in [1.54, 1.807) is 0 Å². The molecule has 1 amide bonds. The summed E-state index contributed by atoms with van der Waals surface area (Å²) in [4.78, 5) is 31.4. The number of halogens is 3. The fourth-order valence-electron chi connectivity index (χ4n) is 1.66. The zero-order chi connectivity index (χ0) is 20.9. The molecule has 0 aromatic heterocycles. The van der Waals surface area contributed by atoms with Crippen molar-refractivity contribution in [3.63, 3.8) is 0 Å². The molecule has 0 fully saturated rings. The predicted molar refractivity (Wildman–Crippen MR) is 87.8 cm³/mol. The molecule has 0 saturated heterocycles. The zero-order valence-electron chi connectivity index (χ0n) is 14.2. The van der Waals surface area contributed by atoms with Gasteiger partial charge >= 0.3 is 24.2 Å². The lowest BCUT2D eigenvalue weighted by molar-refractivity contribution is -0.192. The van der Waals surface area contributed by atoms with E-state index in [4.69, 9.17) is 25.5 Å². The number of unbranched alkanes of at least 4 members (excludes halogenated alkanes) is 1. The largest absolute Gasteiger partial charge is 0.490 e. The lowest BCUT2D eigenvalue weighted by Gasteiger charge is -2.14. The van der Waals surface area contributed by atoms with E-state index in [-0.39, 0.29) is 6.61 Å². The van der Waals surface area contributed by atoms with E-state index in [1.165, 1.54) is 0 Å². The van der Waals surface area contributed by atoms with Crippen molar-refractivity contribution in [2.75, 3.05) is 6.54 Å². The van der Waals surface area contributed by atoms with Crippen LogP contribution in [-0.2, 0) is 20.9 Å². The van der Waals surface area contributed by atoms with E-state index < -0.39 is 30.2 Å². The van der Waals surface area contributed by atoms with Gasteiger partial charge in [0.1, 0.15) is 12.6 Å². The third kappa shape index (κ3) is 12.2. The predicted octanol–water partition coefficient (Wildman–Crippen LogP) is 2.13. The Kier molecular flexibility index (Phi) is 11.2. The van der Waals surface area contributed by atoms with Crippen molar-refractivity contribution in [3.05, 3.63) is 35.9 Å². The van der Waals surface area contributed by atoms with Gasteiger partial charge in [0.2, 0.25) is 0 Å². The molecule has 0 heterocycles. The highest BCUT2D eigenvalue weighted by molar-refractivity contribution is 5.79. The maximum atomic E-state index is 11.5. The summed E-state index contributed by atoms with van der Waals surface area (Å²) >= 11 is 0. The Hall–Kier alpha value is -2.82. The van der Waals surface area contributed by atoms with E-state index >= 15 is 0 Å². The van der Waals surface area contributed by atoms with Crippen LogP contribution in [0.4, 0.5) is 18.0 Å². The molecule has 0 saturated carbocycles. The maximum absolute atomic E-state index is 11.5. The quantitative estimate of drug-likeness (QED) is 0.495. The molecular weight excluding hydrogens is 373 g/mol. The molecule has 0 spiro atoms. The number of alkyl halides is 3. The molecule has 0 bridgehead atoms. The van der Waals surface area contributed by atoms with E-state index in [0.717, 1.165) is 12.0 Å². The number of carbonyl (C=O) groups excluding carboxylic acids is 1. The first kappa shape index (κ1) is 24.2. The van der Waals surface area contributed by atoms with Crippen LogP contribution >= 0.6 is 0 Å². The van der Waals surface area contributed by atoms with Gasteiger partial charge in [-0.3, -0.25) is 0 Å². The summed E-state index contributed by atoms with van der Waals surface area (Å²) in [6.45, 7) is 0.618. The first-order chi connectivity index (χ1) is 12.6. The van der Waals surface area contributed by atoms with Gasteiger partial charge in [-0.2, -0.15) is 13.2 Å². The monoisotopic (exact) mass is 394 g/mol. The first-order valence-electron chi connectivity index (χ1n) is 7.78. The standard InChI is InChI=1S/C14H20N2O4.C2HF3O2/c15-9-5-4-8-12(13(17)18)16-14(19)20-10-11-6-2-1-3-7-11;3-2(4,5)1(6)7/h1-3,6-7,12H,4-5,8-10,15H2,(H,16,19)(H,17,18);(H,6,7). The van der Waals surface area contributed by atoms with Gasteiger partial charge in [0.05, 0.1) is 0 Å². The van der Waals surface area contributed by atoms with Gasteiger partial charge in [0.25, 0.3) is 0 Å². The lowest BCUT2D eigenvalue weighted by atomic mass is 10.1. The Balaban J connectivity index is 0.000000821. The SMILES string of the molecule is NCCCCC(NC(=O)OCc1ccccc1)C(=O)O.O=C(O)C(F)(F)F. The summed E-state index contributed by atoms with van der Waals surface area (Å²) in [6, 6.07) is 8.24. The molecule has 152 valence electrons. The molecule has 27 heavy (non-hydrogen) atoms. The Labute approximate surface area is 153 Å². The molecule has 11 heteroatoms. The number of alkyl carbamates (subject to hydrolysis) is 1. The van der Waals surface area contributed by atoms with Crippen LogP contribution in [0, 0.1) is 0 Å². The summed E-state index contributed by atoms with van der Waals surface area (Å²) < 4.78 is 36.7. The minimum Gasteiger partial charge on any atom is -0.480 e. The van der Waals surface area contributed by atoms with E-state index in [9.17, 15) is 22.8 Å². The number of amides is 1. The third-order valence-corrected chi connectivity index (χ3v) is 2.99. The second-order valence-corrected chi connectivity index (χ2v) is 5.18. The van der Waals surface area contributed by atoms with Crippen LogP contribution in [0.2, 0.25) is 0 Å². The van der Waals surface area contributed by atoms with Crippen LogP contribution in [0.1, 0.15) is 24.8 Å². The minimum absolute atomic E-state index is 0.113. The molecule has 5 N–H and O–H groups in total. The fraction of sp³-hybridized carbons (Fsp3) is 0.438. The fourth-order valence-corrected chi connectivity index (χ4v) is 1.66. The molecular formula is C16H21F3N2O6. The van der Waals surface area contributed by atoms with Gasteiger partial charge < -0.3 is 26.0 Å². The van der Waals surface area contributed by atoms with E-state index in [1.807, 2.05) is 30.3 Å². The summed E-state index contributed by atoms with van der Waals surface area (Å²) in [6.07, 6.45) is -4.10. The number of nitrogens with two attached hydrogens (primary N) is 1. The average molecular weight is 394 g/mol. The van der Waals surface area contributed by atoms with Crippen LogP contribution in [0.3, 0.4) is 0 Å². The Morgan fingerprint density at radius 3 is 2.11 bits per heavy atom. The normalized spacial score (nSPS) is 11.6. The van der Waals surface area contributed by atoms with Gasteiger partial charge in [-0.1, -0.05) is 30.3 Å². The molecule has 1 aromatic carbocycles. The van der Waals surface area contributed by atoms with Crippen molar-refractivity contribution in [1.29, 1.82) is 0 Å². The first-order valence-corrected chi connectivity index (χ1v) is 7.78. The minimum atomic E-state index is -5.08. The molecule has 1 atom stereocenters. The highest BCUT2D eigenvalue weighted by Crippen LogP contribution is 2.13. The van der Waals surface area contributed by atoms with Crippen molar-refractivity contribution in [2.24, 2.45) is 5.73 Å². The zero-order valence-corrected chi connectivity index (χ0v) is 14.2. The average Bonchev–Trinajstić information content (AvgIpc) is 2.59. The van der Waals surface area contributed by atoms with Crippen molar-refractivity contribution in [1.82, 2.24) is 5.32 Å². The van der Waals surface area contributed by atoms with Gasteiger partial charge in [-0.25, -0.2) is 14.4 Å². The van der Waals surface area contributed by atoms with E-state index in [2.05, 4.69) is 5.32 Å². The molecule has 1 unspecified atom stereocenters. The number of ether oxygens (including phenoxy) is 1.